The maximum Gasteiger partial charge on any atom is 0.271 e. The molecule has 0 amide bonds. The molecule has 114 valence electrons. The van der Waals surface area contributed by atoms with Crippen LogP contribution in [0.25, 0.3) is 5.95 Å². The molecule has 0 saturated heterocycles. The van der Waals surface area contributed by atoms with Crippen molar-refractivity contribution in [3.63, 3.8) is 0 Å². The molecular weight excluding hydrogens is 296 g/mol. The number of rotatable bonds is 5. The van der Waals surface area contributed by atoms with Crippen LogP contribution in [0.2, 0.25) is 0 Å². The fourth-order valence-corrected chi connectivity index (χ4v) is 3.09. The van der Waals surface area contributed by atoms with Gasteiger partial charge in [-0.25, -0.2) is 9.36 Å². The fraction of sp³-hybridized carbons (Fsp3) is 0.267. The van der Waals surface area contributed by atoms with E-state index < -0.39 is 0 Å². The maximum atomic E-state index is 6.10. The molecule has 3 aromatic rings. The van der Waals surface area contributed by atoms with Crippen molar-refractivity contribution in [2.75, 3.05) is 11.6 Å². The van der Waals surface area contributed by atoms with E-state index >= 15 is 0 Å². The van der Waals surface area contributed by atoms with Gasteiger partial charge in [0.25, 0.3) is 5.95 Å². The number of hydrogen-bond donors (Lipinski definition) is 1. The monoisotopic (exact) mass is 314 g/mol. The minimum absolute atomic E-state index is 0.535. The summed E-state index contributed by atoms with van der Waals surface area (Å²) in [7, 11) is 0. The van der Waals surface area contributed by atoms with Crippen molar-refractivity contribution < 1.29 is 0 Å². The van der Waals surface area contributed by atoms with Crippen LogP contribution >= 0.6 is 11.8 Å². The van der Waals surface area contributed by atoms with Crippen molar-refractivity contribution in [1.29, 1.82) is 0 Å². The zero-order chi connectivity index (χ0) is 15.5. The molecule has 0 unspecified atom stereocenters. The second-order valence-corrected chi connectivity index (χ2v) is 6.14. The normalized spacial score (nSPS) is 11.0. The van der Waals surface area contributed by atoms with Crippen LogP contribution in [0.3, 0.4) is 0 Å². The SMILES string of the molecule is Cc1cc(C)n(-c2nnc(SCCc3ccccc3)n2N)n1. The van der Waals surface area contributed by atoms with Gasteiger partial charge in [-0.3, -0.25) is 0 Å². The summed E-state index contributed by atoms with van der Waals surface area (Å²) in [4.78, 5) is 0. The van der Waals surface area contributed by atoms with Crippen molar-refractivity contribution in [3.05, 3.63) is 53.3 Å². The van der Waals surface area contributed by atoms with Gasteiger partial charge in [0, 0.05) is 11.4 Å². The highest BCUT2D eigenvalue weighted by atomic mass is 32.2. The standard InChI is InChI=1S/C15H18N6S/c1-11-10-12(2)21(19-11)14-17-18-15(20(14)16)22-9-8-13-6-4-3-5-7-13/h3-7,10H,8-9,16H2,1-2H3. The van der Waals surface area contributed by atoms with Gasteiger partial charge >= 0.3 is 0 Å². The number of nitrogens with zero attached hydrogens (tertiary/aromatic N) is 5. The largest absolute Gasteiger partial charge is 0.334 e. The lowest BCUT2D eigenvalue weighted by molar-refractivity contribution is 0.727. The van der Waals surface area contributed by atoms with E-state index in [2.05, 4.69) is 27.4 Å². The van der Waals surface area contributed by atoms with Crippen molar-refractivity contribution in [3.8, 4) is 5.95 Å². The van der Waals surface area contributed by atoms with E-state index in [4.69, 9.17) is 5.84 Å². The van der Waals surface area contributed by atoms with Gasteiger partial charge in [-0.05, 0) is 31.9 Å². The van der Waals surface area contributed by atoms with Gasteiger partial charge in [0.2, 0.25) is 5.16 Å². The van der Waals surface area contributed by atoms with Gasteiger partial charge in [-0.2, -0.15) is 5.10 Å². The smallest absolute Gasteiger partial charge is 0.271 e. The summed E-state index contributed by atoms with van der Waals surface area (Å²) >= 11 is 1.59. The molecule has 0 fully saturated rings. The highest BCUT2D eigenvalue weighted by Gasteiger charge is 2.14. The molecule has 0 atom stereocenters. The zero-order valence-electron chi connectivity index (χ0n) is 12.6. The van der Waals surface area contributed by atoms with Gasteiger partial charge in [-0.15, -0.1) is 10.2 Å². The highest BCUT2D eigenvalue weighted by Crippen LogP contribution is 2.18. The molecule has 1 aromatic carbocycles. The maximum absolute atomic E-state index is 6.10. The number of hydrogen-bond acceptors (Lipinski definition) is 5. The first-order chi connectivity index (χ1) is 10.6. The summed E-state index contributed by atoms with van der Waals surface area (Å²) in [5, 5.41) is 13.4. The van der Waals surface area contributed by atoms with Crippen molar-refractivity contribution in [2.24, 2.45) is 0 Å². The summed E-state index contributed by atoms with van der Waals surface area (Å²) in [6, 6.07) is 12.3. The van der Waals surface area contributed by atoms with Gasteiger partial charge in [-0.1, -0.05) is 42.1 Å². The Morgan fingerprint density at radius 2 is 1.91 bits per heavy atom. The van der Waals surface area contributed by atoms with Crippen LogP contribution in [-0.2, 0) is 6.42 Å². The lowest BCUT2D eigenvalue weighted by Crippen LogP contribution is -2.17. The number of aryl methyl sites for hydroxylation is 3. The van der Waals surface area contributed by atoms with E-state index in [1.165, 1.54) is 10.2 Å². The highest BCUT2D eigenvalue weighted by molar-refractivity contribution is 7.99. The summed E-state index contributed by atoms with van der Waals surface area (Å²) in [5.41, 5.74) is 3.22. The van der Waals surface area contributed by atoms with Crippen LogP contribution in [0.5, 0.6) is 0 Å². The number of nitrogens with two attached hydrogens (primary N) is 1. The van der Waals surface area contributed by atoms with Crippen LogP contribution in [0.15, 0.2) is 41.6 Å². The summed E-state index contributed by atoms with van der Waals surface area (Å²) in [5.74, 6) is 7.54. The third kappa shape index (κ3) is 2.99. The quantitative estimate of drug-likeness (QED) is 0.577. The molecule has 0 bridgehead atoms. The molecule has 22 heavy (non-hydrogen) atoms. The van der Waals surface area contributed by atoms with E-state index in [1.807, 2.05) is 38.1 Å². The third-order valence-corrected chi connectivity index (χ3v) is 4.26. The molecule has 3 rings (SSSR count). The Morgan fingerprint density at radius 1 is 1.14 bits per heavy atom. The lowest BCUT2D eigenvalue weighted by atomic mass is 10.2. The molecule has 0 radical (unpaired) electrons. The number of thioether (sulfide) groups is 1. The number of aromatic nitrogens is 5. The van der Waals surface area contributed by atoms with E-state index in [0.717, 1.165) is 23.6 Å². The van der Waals surface area contributed by atoms with E-state index in [9.17, 15) is 0 Å². The van der Waals surface area contributed by atoms with Gasteiger partial charge in [0.05, 0.1) is 5.69 Å². The molecule has 0 aliphatic heterocycles. The Bertz CT molecular complexity index is 762. The fourth-order valence-electron chi connectivity index (χ4n) is 2.25. The predicted octanol–water partition coefficient (Wildman–Crippen LogP) is 2.13. The Balaban J connectivity index is 1.70. The van der Waals surface area contributed by atoms with Crippen LogP contribution < -0.4 is 5.84 Å². The lowest BCUT2D eigenvalue weighted by Gasteiger charge is -2.05. The van der Waals surface area contributed by atoms with Crippen molar-refractivity contribution in [1.82, 2.24) is 24.7 Å². The minimum Gasteiger partial charge on any atom is -0.334 e. The van der Waals surface area contributed by atoms with E-state index in [1.54, 1.807) is 16.4 Å². The number of benzene rings is 1. The first-order valence-corrected chi connectivity index (χ1v) is 8.04. The molecular formula is C15H18N6S. The van der Waals surface area contributed by atoms with Gasteiger partial charge in [0.1, 0.15) is 0 Å². The molecule has 2 heterocycles. The van der Waals surface area contributed by atoms with Crippen LogP contribution in [-0.4, -0.2) is 30.4 Å². The molecule has 2 aromatic heterocycles. The molecule has 0 spiro atoms. The van der Waals surface area contributed by atoms with Crippen LogP contribution in [0.1, 0.15) is 17.0 Å². The summed E-state index contributed by atoms with van der Waals surface area (Å²) < 4.78 is 3.21. The summed E-state index contributed by atoms with van der Waals surface area (Å²) in [6.45, 7) is 3.91. The Labute approximate surface area is 133 Å². The van der Waals surface area contributed by atoms with Crippen LogP contribution in [0.4, 0.5) is 0 Å². The van der Waals surface area contributed by atoms with Gasteiger partial charge in [0.15, 0.2) is 0 Å². The average Bonchev–Trinajstić information content (AvgIpc) is 3.03. The van der Waals surface area contributed by atoms with Gasteiger partial charge < -0.3 is 5.84 Å². The van der Waals surface area contributed by atoms with Crippen LogP contribution in [0, 0.1) is 13.8 Å². The molecule has 6 nitrogen and oxygen atoms in total. The Morgan fingerprint density at radius 3 is 2.59 bits per heavy atom. The summed E-state index contributed by atoms with van der Waals surface area (Å²) in [6.07, 6.45) is 0.966. The topological polar surface area (TPSA) is 74.5 Å². The first kappa shape index (κ1) is 14.6. The van der Waals surface area contributed by atoms with Crippen molar-refractivity contribution >= 4 is 11.8 Å². The second-order valence-electron chi connectivity index (χ2n) is 5.08. The van der Waals surface area contributed by atoms with E-state index in [-0.39, 0.29) is 0 Å². The third-order valence-electron chi connectivity index (χ3n) is 3.31. The van der Waals surface area contributed by atoms with Crippen molar-refractivity contribution in [2.45, 2.75) is 25.4 Å². The average molecular weight is 314 g/mol. The molecule has 7 heteroatoms. The first-order valence-electron chi connectivity index (χ1n) is 7.06. The Hall–Kier alpha value is -2.28. The molecule has 0 saturated carbocycles. The predicted molar refractivity (Wildman–Crippen MR) is 87.6 cm³/mol. The minimum atomic E-state index is 0.535. The zero-order valence-corrected chi connectivity index (χ0v) is 13.4. The molecule has 2 N–H and O–H groups in total. The molecule has 0 aliphatic carbocycles. The molecule has 0 aliphatic rings. The Kier molecular flexibility index (Phi) is 4.15. The number of nitrogen functional groups attached to an aromatic ring is 1. The van der Waals surface area contributed by atoms with E-state index in [0.29, 0.717) is 11.1 Å². The second kappa shape index (κ2) is 6.23.